The molecule has 0 fully saturated rings. The van der Waals surface area contributed by atoms with Crippen LogP contribution in [0.2, 0.25) is 0 Å². The molecule has 0 atom stereocenters. The Hall–Kier alpha value is -2.57. The summed E-state index contributed by atoms with van der Waals surface area (Å²) in [7, 11) is 0. The second kappa shape index (κ2) is 6.25. The number of aromatic nitrogens is 2. The summed E-state index contributed by atoms with van der Waals surface area (Å²) in [5.41, 5.74) is 12.5. The lowest BCUT2D eigenvalue weighted by Gasteiger charge is -2.19. The van der Waals surface area contributed by atoms with E-state index >= 15 is 0 Å². The topological polar surface area (TPSA) is 118 Å². The van der Waals surface area contributed by atoms with Crippen molar-refractivity contribution in [3.63, 3.8) is 0 Å². The van der Waals surface area contributed by atoms with E-state index < -0.39 is 5.91 Å². The normalized spacial score (nSPS) is 10.7. The highest BCUT2D eigenvalue weighted by molar-refractivity contribution is 6.06. The minimum Gasteiger partial charge on any atom is -0.399 e. The SMILES string of the molecule is CCCCN(CC(N)=O)C(=O)c1n[nH]c2ccc(N)cc12. The Morgan fingerprint density at radius 2 is 2.14 bits per heavy atom. The van der Waals surface area contributed by atoms with Gasteiger partial charge in [0, 0.05) is 17.6 Å². The fourth-order valence-corrected chi connectivity index (χ4v) is 2.13. The molecule has 0 aliphatic heterocycles. The summed E-state index contributed by atoms with van der Waals surface area (Å²) in [6.45, 7) is 2.36. The largest absolute Gasteiger partial charge is 0.399 e. The van der Waals surface area contributed by atoms with Crippen molar-refractivity contribution < 1.29 is 9.59 Å². The molecule has 1 aromatic heterocycles. The lowest BCUT2D eigenvalue weighted by atomic mass is 10.1. The van der Waals surface area contributed by atoms with Gasteiger partial charge in [0.1, 0.15) is 0 Å². The van der Waals surface area contributed by atoms with Crippen LogP contribution in [0.1, 0.15) is 30.3 Å². The maximum absolute atomic E-state index is 12.6. The van der Waals surface area contributed by atoms with Gasteiger partial charge in [-0.1, -0.05) is 13.3 Å². The highest BCUT2D eigenvalue weighted by Gasteiger charge is 2.22. The first-order valence-electron chi connectivity index (χ1n) is 6.84. The number of aromatic amines is 1. The summed E-state index contributed by atoms with van der Waals surface area (Å²) in [4.78, 5) is 25.1. The number of nitrogens with one attached hydrogen (secondary N) is 1. The smallest absolute Gasteiger partial charge is 0.275 e. The second-order valence-corrected chi connectivity index (χ2v) is 4.92. The molecular weight excluding hydrogens is 270 g/mol. The molecule has 0 saturated carbocycles. The fraction of sp³-hybridized carbons (Fsp3) is 0.357. The van der Waals surface area contributed by atoms with Gasteiger partial charge in [-0.05, 0) is 24.6 Å². The predicted molar refractivity (Wildman–Crippen MR) is 80.5 cm³/mol. The third kappa shape index (κ3) is 3.31. The Balaban J connectivity index is 2.33. The number of amides is 2. The van der Waals surface area contributed by atoms with Crippen LogP contribution in [0, 0.1) is 0 Å². The van der Waals surface area contributed by atoms with Crippen molar-refractivity contribution in [1.29, 1.82) is 0 Å². The Morgan fingerprint density at radius 1 is 1.38 bits per heavy atom. The van der Waals surface area contributed by atoms with E-state index in [2.05, 4.69) is 10.2 Å². The molecule has 0 spiro atoms. The van der Waals surface area contributed by atoms with Crippen LogP contribution in [-0.2, 0) is 4.79 Å². The van der Waals surface area contributed by atoms with Gasteiger partial charge in [0.25, 0.3) is 5.91 Å². The van der Waals surface area contributed by atoms with Gasteiger partial charge < -0.3 is 16.4 Å². The highest BCUT2D eigenvalue weighted by atomic mass is 16.2. The number of unbranched alkanes of at least 4 members (excludes halogenated alkanes) is 1. The average molecular weight is 289 g/mol. The summed E-state index contributed by atoms with van der Waals surface area (Å²) in [5, 5.41) is 7.48. The van der Waals surface area contributed by atoms with E-state index in [1.165, 1.54) is 4.90 Å². The molecule has 7 heteroatoms. The summed E-state index contributed by atoms with van der Waals surface area (Å²) in [5.74, 6) is -0.863. The number of nitrogen functional groups attached to an aromatic ring is 1. The zero-order chi connectivity index (χ0) is 15.4. The van der Waals surface area contributed by atoms with E-state index in [1.807, 2.05) is 6.92 Å². The molecule has 2 amide bonds. The number of H-pyrrole nitrogens is 1. The maximum Gasteiger partial charge on any atom is 0.275 e. The van der Waals surface area contributed by atoms with Crippen LogP contribution in [0.4, 0.5) is 5.69 Å². The fourth-order valence-electron chi connectivity index (χ4n) is 2.13. The molecule has 0 bridgehead atoms. The van der Waals surface area contributed by atoms with Gasteiger partial charge in [0.2, 0.25) is 5.91 Å². The molecule has 0 unspecified atom stereocenters. The second-order valence-electron chi connectivity index (χ2n) is 4.92. The van der Waals surface area contributed by atoms with E-state index in [0.29, 0.717) is 17.6 Å². The Kier molecular flexibility index (Phi) is 4.42. The van der Waals surface area contributed by atoms with Crippen LogP contribution >= 0.6 is 0 Å². The van der Waals surface area contributed by atoms with Gasteiger partial charge in [-0.3, -0.25) is 14.7 Å². The van der Waals surface area contributed by atoms with Crippen molar-refractivity contribution in [1.82, 2.24) is 15.1 Å². The van der Waals surface area contributed by atoms with E-state index in [4.69, 9.17) is 11.5 Å². The minimum atomic E-state index is -0.543. The molecule has 0 saturated heterocycles. The lowest BCUT2D eigenvalue weighted by molar-refractivity contribution is -0.118. The molecule has 1 heterocycles. The van der Waals surface area contributed by atoms with Gasteiger partial charge >= 0.3 is 0 Å². The number of carbonyl (C=O) groups is 2. The number of nitrogens with zero attached hydrogens (tertiary/aromatic N) is 2. The number of hydrogen-bond acceptors (Lipinski definition) is 4. The summed E-state index contributed by atoms with van der Waals surface area (Å²) >= 11 is 0. The van der Waals surface area contributed by atoms with Crippen molar-refractivity contribution >= 4 is 28.4 Å². The molecule has 21 heavy (non-hydrogen) atoms. The van der Waals surface area contributed by atoms with Crippen LogP contribution in [0.15, 0.2) is 18.2 Å². The molecule has 2 rings (SSSR count). The number of hydrogen-bond donors (Lipinski definition) is 3. The van der Waals surface area contributed by atoms with Crippen molar-refractivity contribution in [3.05, 3.63) is 23.9 Å². The van der Waals surface area contributed by atoms with Gasteiger partial charge in [-0.25, -0.2) is 0 Å². The number of fused-ring (bicyclic) bond motifs is 1. The first-order chi connectivity index (χ1) is 10.0. The predicted octanol–water partition coefficient (Wildman–Crippen LogP) is 0.873. The zero-order valence-electron chi connectivity index (χ0n) is 11.9. The Labute approximate surface area is 122 Å². The summed E-state index contributed by atoms with van der Waals surface area (Å²) < 4.78 is 0. The van der Waals surface area contributed by atoms with Gasteiger partial charge in [-0.15, -0.1) is 0 Å². The number of anilines is 1. The quantitative estimate of drug-likeness (QED) is 0.684. The van der Waals surface area contributed by atoms with Crippen molar-refractivity contribution in [2.24, 2.45) is 5.73 Å². The Morgan fingerprint density at radius 3 is 2.81 bits per heavy atom. The average Bonchev–Trinajstić information content (AvgIpc) is 2.85. The molecule has 7 nitrogen and oxygen atoms in total. The maximum atomic E-state index is 12.6. The first kappa shape index (κ1) is 14.8. The zero-order valence-corrected chi connectivity index (χ0v) is 11.9. The standard InChI is InChI=1S/C14H19N5O2/c1-2-3-6-19(8-12(16)20)14(21)13-10-7-9(15)4-5-11(10)17-18-13/h4-5,7H,2-3,6,8,15H2,1H3,(H2,16,20)(H,17,18). The molecule has 0 aliphatic carbocycles. The van der Waals surface area contributed by atoms with E-state index in [9.17, 15) is 9.59 Å². The third-order valence-corrected chi connectivity index (χ3v) is 3.20. The minimum absolute atomic E-state index is 0.116. The van der Waals surface area contributed by atoms with Crippen LogP contribution in [0.3, 0.4) is 0 Å². The van der Waals surface area contributed by atoms with Crippen LogP contribution in [0.5, 0.6) is 0 Å². The van der Waals surface area contributed by atoms with Crippen molar-refractivity contribution in [2.45, 2.75) is 19.8 Å². The van der Waals surface area contributed by atoms with Crippen LogP contribution < -0.4 is 11.5 Å². The van der Waals surface area contributed by atoms with Crippen LogP contribution in [0.25, 0.3) is 10.9 Å². The van der Waals surface area contributed by atoms with E-state index in [0.717, 1.165) is 18.4 Å². The first-order valence-corrected chi connectivity index (χ1v) is 6.84. The molecule has 0 aliphatic rings. The molecule has 1 aromatic carbocycles. The van der Waals surface area contributed by atoms with Crippen LogP contribution in [-0.4, -0.2) is 40.0 Å². The molecule has 2 aromatic rings. The number of primary amides is 1. The number of rotatable bonds is 6. The number of benzene rings is 1. The van der Waals surface area contributed by atoms with E-state index in [-0.39, 0.29) is 18.1 Å². The number of carbonyl (C=O) groups excluding carboxylic acids is 2. The number of nitrogens with two attached hydrogens (primary N) is 2. The van der Waals surface area contributed by atoms with Crippen molar-refractivity contribution in [3.8, 4) is 0 Å². The summed E-state index contributed by atoms with van der Waals surface area (Å²) in [6.07, 6.45) is 1.71. The molecule has 0 radical (unpaired) electrons. The lowest BCUT2D eigenvalue weighted by Crippen LogP contribution is -2.39. The summed E-state index contributed by atoms with van der Waals surface area (Å²) in [6, 6.07) is 5.18. The van der Waals surface area contributed by atoms with Gasteiger partial charge in [0.05, 0.1) is 12.1 Å². The van der Waals surface area contributed by atoms with Crippen molar-refractivity contribution in [2.75, 3.05) is 18.8 Å². The van der Waals surface area contributed by atoms with Gasteiger partial charge in [-0.2, -0.15) is 5.10 Å². The third-order valence-electron chi connectivity index (χ3n) is 3.20. The Bertz CT molecular complexity index is 664. The molecule has 5 N–H and O–H groups in total. The highest BCUT2D eigenvalue weighted by Crippen LogP contribution is 2.20. The molecular formula is C14H19N5O2. The molecule has 112 valence electrons. The van der Waals surface area contributed by atoms with Gasteiger partial charge in [0.15, 0.2) is 5.69 Å². The monoisotopic (exact) mass is 289 g/mol. The van der Waals surface area contributed by atoms with E-state index in [1.54, 1.807) is 18.2 Å².